The molecule has 2 rings (SSSR count). The van der Waals surface area contributed by atoms with Crippen molar-refractivity contribution in [3.8, 4) is 0 Å². The van der Waals surface area contributed by atoms with E-state index < -0.39 is 0 Å². The van der Waals surface area contributed by atoms with Crippen molar-refractivity contribution < 1.29 is 4.79 Å². The Hall–Kier alpha value is -0.610. The van der Waals surface area contributed by atoms with Gasteiger partial charge in [0.2, 0.25) is 0 Å². The first-order chi connectivity index (χ1) is 6.74. The topological polar surface area (TPSA) is 20.3 Å². The third-order valence-electron chi connectivity index (χ3n) is 2.18. The smallest absolute Gasteiger partial charge is 0.183 e. The predicted molar refractivity (Wildman–Crippen MR) is 63.1 cm³/mol. The third-order valence-corrected chi connectivity index (χ3v) is 3.83. The summed E-state index contributed by atoms with van der Waals surface area (Å²) in [5, 5.41) is 0. The van der Waals surface area contributed by atoms with E-state index in [0.717, 1.165) is 10.6 Å². The minimum absolute atomic E-state index is 0.0460. The average Bonchev–Trinajstić information content (AvgIpc) is 2.45. The summed E-state index contributed by atoms with van der Waals surface area (Å²) in [6.45, 7) is 4.36. The maximum Gasteiger partial charge on any atom is 0.183 e. The van der Waals surface area contributed by atoms with E-state index in [9.17, 15) is 4.79 Å². The van der Waals surface area contributed by atoms with Crippen molar-refractivity contribution in [1.82, 2.24) is 4.90 Å². The van der Waals surface area contributed by atoms with Crippen LogP contribution in [0.5, 0.6) is 0 Å². The Morgan fingerprint density at radius 3 is 3.29 bits per heavy atom. The van der Waals surface area contributed by atoms with Crippen LogP contribution in [-0.4, -0.2) is 21.9 Å². The SMILES string of the molecule is C=CCN1C2=C(C=CCC2=O)SC1S. The lowest BCUT2D eigenvalue weighted by molar-refractivity contribution is -0.116. The molecule has 1 unspecified atom stereocenters. The summed E-state index contributed by atoms with van der Waals surface area (Å²) in [5.41, 5.74) is 0.817. The van der Waals surface area contributed by atoms with Crippen molar-refractivity contribution in [3.05, 3.63) is 35.4 Å². The van der Waals surface area contributed by atoms with Gasteiger partial charge in [-0.3, -0.25) is 4.79 Å². The molecule has 0 aromatic carbocycles. The summed E-state index contributed by atoms with van der Waals surface area (Å²) >= 11 is 6.05. The molecule has 0 saturated carbocycles. The molecule has 0 fully saturated rings. The Balaban J connectivity index is 2.33. The summed E-state index contributed by atoms with van der Waals surface area (Å²) in [6.07, 6.45) is 6.22. The first-order valence-corrected chi connectivity index (χ1v) is 5.80. The summed E-state index contributed by atoms with van der Waals surface area (Å²) in [7, 11) is 0. The molecule has 0 saturated heterocycles. The highest BCUT2D eigenvalue weighted by atomic mass is 32.2. The molecule has 0 radical (unpaired) electrons. The van der Waals surface area contributed by atoms with Crippen LogP contribution < -0.4 is 0 Å². The van der Waals surface area contributed by atoms with Gasteiger partial charge in [0.1, 0.15) is 4.71 Å². The normalized spacial score (nSPS) is 25.6. The lowest BCUT2D eigenvalue weighted by atomic mass is 10.1. The molecule has 0 amide bonds. The molecule has 0 bridgehead atoms. The Morgan fingerprint density at radius 2 is 2.57 bits per heavy atom. The average molecular weight is 225 g/mol. The van der Waals surface area contributed by atoms with E-state index in [0.29, 0.717) is 13.0 Å². The van der Waals surface area contributed by atoms with Crippen molar-refractivity contribution in [1.29, 1.82) is 0 Å². The first-order valence-electron chi connectivity index (χ1n) is 4.40. The van der Waals surface area contributed by atoms with E-state index in [1.165, 1.54) is 0 Å². The summed E-state index contributed by atoms with van der Waals surface area (Å²) in [4.78, 5) is 14.7. The van der Waals surface area contributed by atoms with Crippen LogP contribution in [0.2, 0.25) is 0 Å². The van der Waals surface area contributed by atoms with Crippen LogP contribution in [0, 0.1) is 0 Å². The predicted octanol–water partition coefficient (Wildman–Crippen LogP) is 2.18. The van der Waals surface area contributed by atoms with Crippen molar-refractivity contribution in [3.63, 3.8) is 0 Å². The highest BCUT2D eigenvalue weighted by molar-refractivity contribution is 8.13. The molecule has 0 aromatic heterocycles. The Morgan fingerprint density at radius 1 is 1.79 bits per heavy atom. The second-order valence-corrected chi connectivity index (χ2v) is 5.09. The number of rotatable bonds is 2. The van der Waals surface area contributed by atoms with Gasteiger partial charge in [-0.05, 0) is 6.08 Å². The van der Waals surface area contributed by atoms with Gasteiger partial charge in [0.05, 0.1) is 5.70 Å². The van der Waals surface area contributed by atoms with Crippen LogP contribution >= 0.6 is 24.4 Å². The molecule has 0 aromatic rings. The van der Waals surface area contributed by atoms with Crippen molar-refractivity contribution >= 4 is 30.2 Å². The number of nitrogens with zero attached hydrogens (tertiary/aromatic N) is 1. The maximum absolute atomic E-state index is 11.7. The largest absolute Gasteiger partial charge is 0.343 e. The number of carbonyl (C=O) groups is 1. The highest BCUT2D eigenvalue weighted by Gasteiger charge is 2.33. The highest BCUT2D eigenvalue weighted by Crippen LogP contribution is 2.42. The van der Waals surface area contributed by atoms with Gasteiger partial charge < -0.3 is 4.90 Å². The number of Topliss-reactive ketones (excluding diaryl/α,β-unsaturated/α-hetero) is 1. The van der Waals surface area contributed by atoms with Crippen LogP contribution in [0.1, 0.15) is 6.42 Å². The summed E-state index contributed by atoms with van der Waals surface area (Å²) in [5.74, 6) is 0.188. The van der Waals surface area contributed by atoms with Crippen molar-refractivity contribution in [2.45, 2.75) is 11.1 Å². The molecule has 74 valence electrons. The van der Waals surface area contributed by atoms with Gasteiger partial charge in [0.25, 0.3) is 0 Å². The number of allylic oxidation sites excluding steroid dienone is 3. The standard InChI is InChI=1S/C10H11NOS2/c1-2-6-11-9-7(12)4-3-5-8(9)14-10(11)13/h2-3,5,10,13H,1,4,6H2. The maximum atomic E-state index is 11.7. The fourth-order valence-corrected chi connectivity index (χ4v) is 3.20. The molecule has 2 aliphatic rings. The second kappa shape index (κ2) is 3.87. The van der Waals surface area contributed by atoms with Gasteiger partial charge in [-0.15, -0.1) is 19.2 Å². The van der Waals surface area contributed by atoms with Crippen LogP contribution in [0.3, 0.4) is 0 Å². The molecule has 0 N–H and O–H groups in total. The molecule has 4 heteroatoms. The zero-order chi connectivity index (χ0) is 10.1. The summed E-state index contributed by atoms with van der Waals surface area (Å²) < 4.78 is 0.0460. The second-order valence-electron chi connectivity index (χ2n) is 3.13. The van der Waals surface area contributed by atoms with Crippen molar-refractivity contribution in [2.75, 3.05) is 6.54 Å². The quantitative estimate of drug-likeness (QED) is 0.574. The van der Waals surface area contributed by atoms with Crippen LogP contribution in [0.4, 0.5) is 0 Å². The number of ketones is 1. The number of hydrogen-bond acceptors (Lipinski definition) is 4. The lowest BCUT2D eigenvalue weighted by Crippen LogP contribution is -2.29. The van der Waals surface area contributed by atoms with Gasteiger partial charge in [-0.25, -0.2) is 0 Å². The Labute approximate surface area is 93.1 Å². The molecule has 0 spiro atoms. The van der Waals surface area contributed by atoms with Gasteiger partial charge in [0, 0.05) is 17.9 Å². The molecular weight excluding hydrogens is 214 g/mol. The minimum atomic E-state index is 0.0460. The number of thioether (sulfide) groups is 1. The molecule has 1 aliphatic carbocycles. The molecule has 1 aliphatic heterocycles. The van der Waals surface area contributed by atoms with E-state index in [4.69, 9.17) is 0 Å². The fraction of sp³-hybridized carbons (Fsp3) is 0.300. The Kier molecular flexibility index (Phi) is 2.74. The van der Waals surface area contributed by atoms with E-state index in [2.05, 4.69) is 19.2 Å². The van der Waals surface area contributed by atoms with Gasteiger partial charge in [-0.2, -0.15) is 0 Å². The molecule has 1 atom stereocenters. The summed E-state index contributed by atoms with van der Waals surface area (Å²) in [6, 6.07) is 0. The van der Waals surface area contributed by atoms with Crippen molar-refractivity contribution in [2.24, 2.45) is 0 Å². The van der Waals surface area contributed by atoms with Crippen LogP contribution in [-0.2, 0) is 4.79 Å². The zero-order valence-corrected chi connectivity index (χ0v) is 9.35. The zero-order valence-electron chi connectivity index (χ0n) is 7.64. The van der Waals surface area contributed by atoms with Gasteiger partial charge in [0.15, 0.2) is 5.78 Å². The minimum Gasteiger partial charge on any atom is -0.343 e. The van der Waals surface area contributed by atoms with Gasteiger partial charge in [-0.1, -0.05) is 23.9 Å². The number of thiol groups is 1. The van der Waals surface area contributed by atoms with E-state index >= 15 is 0 Å². The molecule has 2 nitrogen and oxygen atoms in total. The third kappa shape index (κ3) is 1.53. The first kappa shape index (κ1) is 9.93. The number of carbonyl (C=O) groups excluding carboxylic acids is 1. The fourth-order valence-electron chi connectivity index (χ4n) is 1.59. The van der Waals surface area contributed by atoms with E-state index in [-0.39, 0.29) is 10.5 Å². The van der Waals surface area contributed by atoms with E-state index in [1.807, 2.05) is 17.1 Å². The van der Waals surface area contributed by atoms with E-state index in [1.54, 1.807) is 17.8 Å². The molecule has 1 heterocycles. The monoisotopic (exact) mass is 225 g/mol. The van der Waals surface area contributed by atoms with Gasteiger partial charge >= 0.3 is 0 Å². The lowest BCUT2D eigenvalue weighted by Gasteiger charge is -2.23. The molecular formula is C10H11NOS2. The number of hydrogen-bond donors (Lipinski definition) is 1. The van der Waals surface area contributed by atoms with Crippen LogP contribution in [0.15, 0.2) is 35.4 Å². The Bertz CT molecular complexity index is 346. The molecule has 14 heavy (non-hydrogen) atoms. The van der Waals surface area contributed by atoms with Crippen LogP contribution in [0.25, 0.3) is 0 Å².